The van der Waals surface area contributed by atoms with Gasteiger partial charge in [-0.25, -0.2) is 9.78 Å². The van der Waals surface area contributed by atoms with E-state index in [0.29, 0.717) is 26.2 Å². The predicted molar refractivity (Wildman–Crippen MR) is 66.7 cm³/mol. The maximum absolute atomic E-state index is 11.3. The van der Waals surface area contributed by atoms with Crippen LogP contribution >= 0.6 is 0 Å². The predicted octanol–water partition coefficient (Wildman–Crippen LogP) is -0.326. The maximum Gasteiger partial charge on any atom is 0.314 e. The van der Waals surface area contributed by atoms with E-state index in [9.17, 15) is 9.59 Å². The van der Waals surface area contributed by atoms with Crippen LogP contribution in [0, 0.1) is 0 Å². The fourth-order valence-corrected chi connectivity index (χ4v) is 1.28. The molecule has 0 radical (unpaired) electrons. The van der Waals surface area contributed by atoms with Gasteiger partial charge in [-0.05, 0) is 0 Å². The Morgan fingerprint density at radius 3 is 2.74 bits per heavy atom. The Labute approximate surface area is 110 Å². The summed E-state index contributed by atoms with van der Waals surface area (Å²) in [6, 6.07) is -0.276. The number of urea groups is 1. The average molecular weight is 270 g/mol. The van der Waals surface area contributed by atoms with Crippen LogP contribution in [0.25, 0.3) is 0 Å². The molecule has 0 fully saturated rings. The summed E-state index contributed by atoms with van der Waals surface area (Å²) in [4.78, 5) is 25.4. The Hall–Kier alpha value is -2.09. The molecule has 0 bridgehead atoms. The van der Waals surface area contributed by atoms with Crippen molar-refractivity contribution in [3.63, 3.8) is 0 Å². The zero-order valence-electron chi connectivity index (χ0n) is 10.5. The minimum absolute atomic E-state index is 0.0307. The van der Waals surface area contributed by atoms with Crippen molar-refractivity contribution in [1.29, 1.82) is 0 Å². The molecule has 3 N–H and O–H groups in total. The number of hydrogen-bond acceptors (Lipinski definition) is 4. The van der Waals surface area contributed by atoms with Gasteiger partial charge in [-0.3, -0.25) is 4.79 Å². The molecule has 8 heteroatoms. The number of ether oxygens (including phenoxy) is 1. The number of carboxylic acid groups (broad SMARTS) is 1. The zero-order chi connectivity index (χ0) is 13.9. The second kappa shape index (κ2) is 8.92. The summed E-state index contributed by atoms with van der Waals surface area (Å²) in [6.45, 7) is 1.95. The number of nitrogens with zero attached hydrogens (tertiary/aromatic N) is 2. The molecule has 1 rings (SSSR count). The van der Waals surface area contributed by atoms with E-state index in [0.717, 1.165) is 0 Å². The molecular weight excluding hydrogens is 252 g/mol. The van der Waals surface area contributed by atoms with Gasteiger partial charge >= 0.3 is 12.0 Å². The number of nitrogens with one attached hydrogen (secondary N) is 2. The first-order valence-corrected chi connectivity index (χ1v) is 5.95. The highest BCUT2D eigenvalue weighted by Gasteiger charge is 1.99. The Morgan fingerprint density at radius 2 is 2.05 bits per heavy atom. The fourth-order valence-electron chi connectivity index (χ4n) is 1.28. The number of rotatable bonds is 9. The van der Waals surface area contributed by atoms with Crippen LogP contribution < -0.4 is 10.6 Å². The van der Waals surface area contributed by atoms with Crippen LogP contribution in [-0.4, -0.2) is 53.0 Å². The molecule has 0 aliphatic heterocycles. The highest BCUT2D eigenvalue weighted by atomic mass is 16.5. The molecule has 1 heterocycles. The van der Waals surface area contributed by atoms with Gasteiger partial charge in [0, 0.05) is 32.0 Å². The Bertz CT molecular complexity index is 380. The normalized spacial score (nSPS) is 10.1. The maximum atomic E-state index is 11.3. The molecule has 0 aromatic carbocycles. The fraction of sp³-hybridized carbons (Fsp3) is 0.545. The number of carboxylic acids is 1. The van der Waals surface area contributed by atoms with Crippen molar-refractivity contribution in [2.75, 3.05) is 26.3 Å². The van der Waals surface area contributed by atoms with Gasteiger partial charge in [0.1, 0.15) is 0 Å². The number of aliphatic carboxylic acids is 1. The summed E-state index contributed by atoms with van der Waals surface area (Å²) in [5.41, 5.74) is 0. The summed E-state index contributed by atoms with van der Waals surface area (Å²) in [5, 5.41) is 13.7. The van der Waals surface area contributed by atoms with Crippen LogP contribution in [0.3, 0.4) is 0 Å². The topological polar surface area (TPSA) is 105 Å². The lowest BCUT2D eigenvalue weighted by Gasteiger charge is -2.08. The number of aromatic nitrogens is 2. The van der Waals surface area contributed by atoms with Gasteiger partial charge < -0.3 is 25.0 Å². The van der Waals surface area contributed by atoms with Gasteiger partial charge in [-0.1, -0.05) is 0 Å². The summed E-state index contributed by atoms with van der Waals surface area (Å²) >= 11 is 0. The zero-order valence-corrected chi connectivity index (χ0v) is 10.5. The second-order valence-corrected chi connectivity index (χ2v) is 3.74. The van der Waals surface area contributed by atoms with Crippen molar-refractivity contribution in [2.24, 2.45) is 0 Å². The van der Waals surface area contributed by atoms with Crippen LogP contribution in [0.4, 0.5) is 4.79 Å². The quantitative estimate of drug-likeness (QED) is 0.533. The van der Waals surface area contributed by atoms with E-state index in [1.807, 2.05) is 10.8 Å². The van der Waals surface area contributed by atoms with Crippen LogP contribution in [0.5, 0.6) is 0 Å². The first kappa shape index (κ1) is 15.0. The summed E-state index contributed by atoms with van der Waals surface area (Å²) in [7, 11) is 0. The molecule has 0 atom stereocenters. The van der Waals surface area contributed by atoms with E-state index >= 15 is 0 Å². The average Bonchev–Trinajstić information content (AvgIpc) is 2.86. The Morgan fingerprint density at radius 1 is 1.26 bits per heavy atom. The lowest BCUT2D eigenvalue weighted by atomic mass is 10.5. The molecule has 0 aliphatic rings. The van der Waals surface area contributed by atoms with E-state index in [-0.39, 0.29) is 19.1 Å². The Kier molecular flexibility index (Phi) is 7.03. The standard InChI is InChI=1S/C11H18N4O4/c16-10(17)1-7-19-8-4-14-11(18)13-3-6-15-5-2-12-9-15/h2,5,9H,1,3-4,6-8H2,(H,16,17)(H2,13,14,18). The minimum Gasteiger partial charge on any atom is -0.481 e. The van der Waals surface area contributed by atoms with Crippen molar-refractivity contribution in [3.8, 4) is 0 Å². The molecule has 0 aliphatic carbocycles. The van der Waals surface area contributed by atoms with Crippen LogP contribution in [0.1, 0.15) is 6.42 Å². The van der Waals surface area contributed by atoms with E-state index < -0.39 is 5.97 Å². The van der Waals surface area contributed by atoms with Gasteiger partial charge in [0.15, 0.2) is 0 Å². The van der Waals surface area contributed by atoms with E-state index in [1.54, 1.807) is 12.5 Å². The van der Waals surface area contributed by atoms with E-state index in [1.165, 1.54) is 0 Å². The van der Waals surface area contributed by atoms with Crippen molar-refractivity contribution < 1.29 is 19.4 Å². The smallest absolute Gasteiger partial charge is 0.314 e. The summed E-state index contributed by atoms with van der Waals surface area (Å²) < 4.78 is 6.88. The molecular formula is C11H18N4O4. The van der Waals surface area contributed by atoms with Gasteiger partial charge in [-0.15, -0.1) is 0 Å². The SMILES string of the molecule is O=C(O)CCOCCNC(=O)NCCn1ccnc1. The van der Waals surface area contributed by atoms with Gasteiger partial charge in [0.25, 0.3) is 0 Å². The number of amides is 2. The van der Waals surface area contributed by atoms with Crippen LogP contribution in [0.15, 0.2) is 18.7 Å². The van der Waals surface area contributed by atoms with E-state index in [4.69, 9.17) is 9.84 Å². The first-order chi connectivity index (χ1) is 9.18. The van der Waals surface area contributed by atoms with Gasteiger partial charge in [-0.2, -0.15) is 0 Å². The van der Waals surface area contributed by atoms with Gasteiger partial charge in [0.2, 0.25) is 0 Å². The molecule has 106 valence electrons. The Balaban J connectivity index is 1.92. The van der Waals surface area contributed by atoms with Crippen LogP contribution in [0.2, 0.25) is 0 Å². The molecule has 0 unspecified atom stereocenters. The highest BCUT2D eigenvalue weighted by molar-refractivity contribution is 5.73. The minimum atomic E-state index is -0.898. The first-order valence-electron chi connectivity index (χ1n) is 5.95. The molecule has 0 spiro atoms. The molecule has 8 nitrogen and oxygen atoms in total. The highest BCUT2D eigenvalue weighted by Crippen LogP contribution is 1.84. The second-order valence-electron chi connectivity index (χ2n) is 3.74. The molecule has 1 aromatic rings. The molecule has 19 heavy (non-hydrogen) atoms. The van der Waals surface area contributed by atoms with Crippen molar-refractivity contribution in [2.45, 2.75) is 13.0 Å². The lowest BCUT2D eigenvalue weighted by molar-refractivity contribution is -0.138. The lowest BCUT2D eigenvalue weighted by Crippen LogP contribution is -2.38. The third-order valence-electron chi connectivity index (χ3n) is 2.21. The number of hydrogen-bond donors (Lipinski definition) is 3. The monoisotopic (exact) mass is 270 g/mol. The summed E-state index contributed by atoms with van der Waals surface area (Å²) in [5.74, 6) is -0.898. The molecule has 0 saturated carbocycles. The van der Waals surface area contributed by atoms with E-state index in [2.05, 4.69) is 15.6 Å². The number of carbonyl (C=O) groups excluding carboxylic acids is 1. The van der Waals surface area contributed by atoms with Crippen molar-refractivity contribution in [3.05, 3.63) is 18.7 Å². The third-order valence-corrected chi connectivity index (χ3v) is 2.21. The number of carbonyl (C=O) groups is 2. The summed E-state index contributed by atoms with van der Waals surface area (Å²) in [6.07, 6.45) is 5.14. The van der Waals surface area contributed by atoms with Crippen molar-refractivity contribution >= 4 is 12.0 Å². The van der Waals surface area contributed by atoms with Crippen LogP contribution in [-0.2, 0) is 16.1 Å². The molecule has 0 saturated heterocycles. The number of imidazole rings is 1. The van der Waals surface area contributed by atoms with Crippen molar-refractivity contribution in [1.82, 2.24) is 20.2 Å². The molecule has 2 amide bonds. The largest absolute Gasteiger partial charge is 0.481 e. The van der Waals surface area contributed by atoms with Gasteiger partial charge in [0.05, 0.1) is 26.0 Å². The third kappa shape index (κ3) is 7.77. The molecule has 1 aromatic heterocycles.